The number of Topliss-reactive ketones (excluding diaryl/α,β-unsaturated/α-hetero) is 1. The monoisotopic (exact) mass is 327 g/mol. The number of nitroso groups, excluding NO2 is 1. The normalized spacial score (nSPS) is 29.2. The van der Waals surface area contributed by atoms with Gasteiger partial charge in [0, 0.05) is 12.8 Å². The molecule has 24 heavy (non-hydrogen) atoms. The van der Waals surface area contributed by atoms with Crippen LogP contribution >= 0.6 is 0 Å². The number of nitrogens with zero attached hydrogens (tertiary/aromatic N) is 1. The lowest BCUT2D eigenvalue weighted by Gasteiger charge is -2.53. The zero-order chi connectivity index (χ0) is 17.3. The third-order valence-electron chi connectivity index (χ3n) is 6.63. The minimum absolute atomic E-state index is 0.256. The zero-order valence-electron chi connectivity index (χ0n) is 15.2. The first kappa shape index (κ1) is 17.3. The van der Waals surface area contributed by atoms with Gasteiger partial charge in [0.05, 0.1) is 0 Å². The Morgan fingerprint density at radius 3 is 2.75 bits per heavy atom. The largest absolute Gasteiger partial charge is 0.300 e. The van der Waals surface area contributed by atoms with Crippen LogP contribution in [0.3, 0.4) is 0 Å². The minimum atomic E-state index is 0.256. The molecule has 0 saturated heterocycles. The molecule has 0 bridgehead atoms. The van der Waals surface area contributed by atoms with Crippen molar-refractivity contribution in [3.63, 3.8) is 0 Å². The lowest BCUT2D eigenvalue weighted by atomic mass is 9.51. The van der Waals surface area contributed by atoms with Crippen LogP contribution in [0.5, 0.6) is 0 Å². The maximum absolute atomic E-state index is 12.5. The van der Waals surface area contributed by atoms with Crippen molar-refractivity contribution in [1.29, 1.82) is 0 Å². The van der Waals surface area contributed by atoms with Crippen molar-refractivity contribution < 1.29 is 4.79 Å². The predicted octanol–water partition coefficient (Wildman–Crippen LogP) is 5.93. The molecule has 1 aromatic carbocycles. The fourth-order valence-corrected chi connectivity index (χ4v) is 5.28. The van der Waals surface area contributed by atoms with Crippen LogP contribution in [0, 0.1) is 22.2 Å². The summed E-state index contributed by atoms with van der Waals surface area (Å²) in [5.41, 5.74) is 3.30. The highest BCUT2D eigenvalue weighted by Crippen LogP contribution is 2.59. The van der Waals surface area contributed by atoms with Gasteiger partial charge in [0.1, 0.15) is 11.5 Å². The van der Waals surface area contributed by atoms with E-state index >= 15 is 0 Å². The van der Waals surface area contributed by atoms with Gasteiger partial charge in [-0.3, -0.25) is 4.79 Å². The number of carbonyl (C=O) groups is 1. The quantitative estimate of drug-likeness (QED) is 0.630. The Morgan fingerprint density at radius 2 is 2.08 bits per heavy atom. The molecule has 0 spiro atoms. The van der Waals surface area contributed by atoms with Gasteiger partial charge in [0.15, 0.2) is 0 Å². The summed E-state index contributed by atoms with van der Waals surface area (Å²) in [7, 11) is 0. The Bertz CT molecular complexity index is 637. The highest BCUT2D eigenvalue weighted by atomic mass is 16.3. The van der Waals surface area contributed by atoms with Gasteiger partial charge >= 0.3 is 0 Å². The van der Waals surface area contributed by atoms with Crippen molar-refractivity contribution in [3.05, 3.63) is 34.2 Å². The van der Waals surface area contributed by atoms with Gasteiger partial charge in [-0.15, -0.1) is 4.91 Å². The van der Waals surface area contributed by atoms with E-state index in [0.29, 0.717) is 35.6 Å². The van der Waals surface area contributed by atoms with Gasteiger partial charge in [0.2, 0.25) is 0 Å². The smallest absolute Gasteiger partial charge is 0.133 e. The maximum atomic E-state index is 12.5. The van der Waals surface area contributed by atoms with Crippen molar-refractivity contribution >= 4 is 11.5 Å². The molecule has 1 aromatic rings. The van der Waals surface area contributed by atoms with Gasteiger partial charge in [-0.1, -0.05) is 33.3 Å². The van der Waals surface area contributed by atoms with Crippen molar-refractivity contribution in [2.45, 2.75) is 71.6 Å². The molecule has 2 aliphatic carbocycles. The molecule has 1 saturated carbocycles. The molecule has 0 N–H and O–H groups in total. The first-order chi connectivity index (χ1) is 11.5. The number of aryl methyl sites for hydroxylation is 1. The summed E-state index contributed by atoms with van der Waals surface area (Å²) < 4.78 is 0. The van der Waals surface area contributed by atoms with Gasteiger partial charge in [-0.25, -0.2) is 0 Å². The lowest BCUT2D eigenvalue weighted by Crippen LogP contribution is -2.45. The summed E-state index contributed by atoms with van der Waals surface area (Å²) in [5, 5.41) is 3.08. The van der Waals surface area contributed by atoms with E-state index in [4.69, 9.17) is 0 Å². The molecule has 3 atom stereocenters. The Kier molecular flexibility index (Phi) is 4.89. The third-order valence-corrected chi connectivity index (χ3v) is 6.63. The van der Waals surface area contributed by atoms with Crippen LogP contribution in [-0.2, 0) is 11.2 Å². The second kappa shape index (κ2) is 6.78. The van der Waals surface area contributed by atoms with Crippen LogP contribution in [0.4, 0.5) is 5.69 Å². The highest BCUT2D eigenvalue weighted by Gasteiger charge is 2.50. The Hall–Kier alpha value is -1.51. The number of ketones is 1. The van der Waals surface area contributed by atoms with E-state index in [1.807, 2.05) is 12.1 Å². The molecular weight excluding hydrogens is 298 g/mol. The average molecular weight is 327 g/mol. The standard InChI is InChI=1S/C21H29NO2/c1-4-21-10-9-15-11-17(22-24)7-8-19(15)20(21)13-18(23)12-16(21)6-5-14(2)3/h7-8,11,14,16,20H,4-6,9-10,12-13H2,1-3H3/t16-,20+,21-/m0/s1. The van der Waals surface area contributed by atoms with E-state index in [1.54, 1.807) is 0 Å². The molecular formula is C21H29NO2. The molecule has 3 rings (SSSR count). The summed E-state index contributed by atoms with van der Waals surface area (Å²) in [6.07, 6.45) is 7.09. The average Bonchev–Trinajstić information content (AvgIpc) is 2.58. The van der Waals surface area contributed by atoms with Gasteiger partial charge in [0.25, 0.3) is 0 Å². The summed E-state index contributed by atoms with van der Waals surface area (Å²) in [4.78, 5) is 23.3. The molecule has 130 valence electrons. The molecule has 1 fully saturated rings. The summed E-state index contributed by atoms with van der Waals surface area (Å²) in [6.45, 7) is 6.84. The van der Waals surface area contributed by atoms with Gasteiger partial charge < -0.3 is 0 Å². The van der Waals surface area contributed by atoms with Crippen LogP contribution < -0.4 is 0 Å². The predicted molar refractivity (Wildman–Crippen MR) is 97.5 cm³/mol. The van der Waals surface area contributed by atoms with Crippen LogP contribution in [0.15, 0.2) is 23.4 Å². The van der Waals surface area contributed by atoms with Crippen LogP contribution in [-0.4, -0.2) is 5.78 Å². The van der Waals surface area contributed by atoms with Gasteiger partial charge in [-0.05, 0) is 77.3 Å². The molecule has 0 aromatic heterocycles. The first-order valence-electron chi connectivity index (χ1n) is 9.48. The SMILES string of the molecule is CC[C@@]12CCc3cc(N=O)ccc3[C@H]1CC(=O)C[C@@H]2CCC(C)C. The Morgan fingerprint density at radius 1 is 1.29 bits per heavy atom. The fourth-order valence-electron chi connectivity index (χ4n) is 5.28. The summed E-state index contributed by atoms with van der Waals surface area (Å²) >= 11 is 0. The topological polar surface area (TPSA) is 46.5 Å². The molecule has 3 nitrogen and oxygen atoms in total. The van der Waals surface area contributed by atoms with E-state index in [9.17, 15) is 9.70 Å². The second-order valence-electron chi connectivity index (χ2n) is 8.23. The van der Waals surface area contributed by atoms with Crippen LogP contribution in [0.1, 0.15) is 76.3 Å². The Labute approximate surface area is 145 Å². The number of fused-ring (bicyclic) bond motifs is 3. The second-order valence-corrected chi connectivity index (χ2v) is 8.23. The molecule has 3 heteroatoms. The van der Waals surface area contributed by atoms with Crippen LogP contribution in [0.2, 0.25) is 0 Å². The molecule has 0 amide bonds. The fraction of sp³-hybridized carbons (Fsp3) is 0.667. The lowest BCUT2D eigenvalue weighted by molar-refractivity contribution is -0.127. The summed E-state index contributed by atoms with van der Waals surface area (Å²) in [5.74, 6) is 1.94. The van der Waals surface area contributed by atoms with Crippen molar-refractivity contribution in [2.75, 3.05) is 0 Å². The van der Waals surface area contributed by atoms with Crippen molar-refractivity contribution in [1.82, 2.24) is 0 Å². The minimum Gasteiger partial charge on any atom is -0.300 e. The zero-order valence-corrected chi connectivity index (χ0v) is 15.2. The van der Waals surface area contributed by atoms with E-state index in [1.165, 1.54) is 17.5 Å². The number of rotatable bonds is 5. The van der Waals surface area contributed by atoms with E-state index in [2.05, 4.69) is 32.0 Å². The van der Waals surface area contributed by atoms with E-state index < -0.39 is 0 Å². The first-order valence-corrected chi connectivity index (χ1v) is 9.48. The Balaban J connectivity index is 1.98. The molecule has 0 unspecified atom stereocenters. The summed E-state index contributed by atoms with van der Waals surface area (Å²) in [6, 6.07) is 5.82. The third kappa shape index (κ3) is 2.94. The van der Waals surface area contributed by atoms with E-state index in [0.717, 1.165) is 32.1 Å². The highest BCUT2D eigenvalue weighted by molar-refractivity contribution is 5.81. The van der Waals surface area contributed by atoms with Crippen molar-refractivity contribution in [3.8, 4) is 0 Å². The number of carbonyl (C=O) groups excluding carboxylic acids is 1. The van der Waals surface area contributed by atoms with Gasteiger partial charge in [-0.2, -0.15) is 0 Å². The molecule has 0 aliphatic heterocycles. The molecule has 0 radical (unpaired) electrons. The van der Waals surface area contributed by atoms with E-state index in [-0.39, 0.29) is 5.41 Å². The molecule has 2 aliphatic rings. The number of hydrogen-bond acceptors (Lipinski definition) is 3. The molecule has 0 heterocycles. The maximum Gasteiger partial charge on any atom is 0.133 e. The number of hydrogen-bond donors (Lipinski definition) is 0. The number of benzene rings is 1. The van der Waals surface area contributed by atoms with Crippen LogP contribution in [0.25, 0.3) is 0 Å². The van der Waals surface area contributed by atoms with Crippen molar-refractivity contribution in [2.24, 2.45) is 22.4 Å².